The zero-order valence-corrected chi connectivity index (χ0v) is 21.7. The van der Waals surface area contributed by atoms with Crippen molar-refractivity contribution in [2.75, 3.05) is 38.2 Å². The van der Waals surface area contributed by atoms with E-state index in [1.54, 1.807) is 18.2 Å². The number of fused-ring (bicyclic) bond motifs is 1. The number of imidazole rings is 1. The highest BCUT2D eigenvalue weighted by molar-refractivity contribution is 8.00. The third kappa shape index (κ3) is 5.66. The number of nitrogens with two attached hydrogens (primary N) is 1. The third-order valence-electron chi connectivity index (χ3n) is 6.65. The monoisotopic (exact) mass is 533 g/mol. The number of esters is 1. The van der Waals surface area contributed by atoms with E-state index in [1.165, 1.54) is 31.0 Å². The van der Waals surface area contributed by atoms with Crippen molar-refractivity contribution in [3.8, 4) is 0 Å². The Labute approximate surface area is 224 Å². The van der Waals surface area contributed by atoms with E-state index < -0.39 is 17.1 Å². The van der Waals surface area contributed by atoms with Crippen LogP contribution in [0.3, 0.4) is 0 Å². The van der Waals surface area contributed by atoms with Crippen molar-refractivity contribution in [3.05, 3.63) is 89.2 Å². The molecular formula is C28H28FN5O3S. The summed E-state index contributed by atoms with van der Waals surface area (Å²) in [5.41, 5.74) is 9.92. The summed E-state index contributed by atoms with van der Waals surface area (Å²) in [6, 6.07) is 19.7. The summed E-state index contributed by atoms with van der Waals surface area (Å²) in [6.07, 6.45) is 0. The Bertz CT molecular complexity index is 1430. The molecule has 1 atom stereocenters. The minimum atomic E-state index is -0.633. The molecule has 4 aromatic rings. The van der Waals surface area contributed by atoms with Gasteiger partial charge >= 0.3 is 5.97 Å². The molecule has 0 aliphatic carbocycles. The standard InChI is InChI=1S/C28H28FN5O3S/c1-37-27(36)25(38-28-31-23-4-2-3-22(26(30)35)24(23)32-28)19-7-5-18(6-8-19)17-33-13-15-34(16-14-33)21-11-9-20(29)10-12-21/h2-12,25H,13-17H2,1H3,(H2,30,35)(H,31,32). The van der Waals surface area contributed by atoms with E-state index in [-0.39, 0.29) is 5.82 Å². The number of H-pyrrole nitrogens is 1. The number of benzene rings is 3. The van der Waals surface area contributed by atoms with Crippen LogP contribution >= 0.6 is 11.8 Å². The average Bonchev–Trinajstić information content (AvgIpc) is 3.35. The van der Waals surface area contributed by atoms with Gasteiger partial charge in [0.25, 0.3) is 5.91 Å². The van der Waals surface area contributed by atoms with Gasteiger partial charge in [0.1, 0.15) is 16.6 Å². The normalized spacial score (nSPS) is 14.9. The molecule has 1 aliphatic heterocycles. The predicted octanol–water partition coefficient (Wildman–Crippen LogP) is 4.13. The Morgan fingerprint density at radius 3 is 2.42 bits per heavy atom. The Hall–Kier alpha value is -3.89. The van der Waals surface area contributed by atoms with Gasteiger partial charge in [0, 0.05) is 38.4 Å². The molecule has 1 aliphatic rings. The molecule has 0 radical (unpaired) electrons. The summed E-state index contributed by atoms with van der Waals surface area (Å²) in [7, 11) is 1.36. The fourth-order valence-electron chi connectivity index (χ4n) is 4.61. The van der Waals surface area contributed by atoms with Gasteiger partial charge in [0.05, 0.1) is 18.2 Å². The number of hydrogen-bond donors (Lipinski definition) is 2. The van der Waals surface area contributed by atoms with E-state index in [0.717, 1.165) is 49.5 Å². The Balaban J connectivity index is 1.25. The summed E-state index contributed by atoms with van der Waals surface area (Å²) in [5.74, 6) is -1.18. The van der Waals surface area contributed by atoms with E-state index in [4.69, 9.17) is 10.5 Å². The molecule has 1 fully saturated rings. The number of para-hydroxylation sites is 1. The summed E-state index contributed by atoms with van der Waals surface area (Å²) in [5, 5.41) is -0.141. The maximum Gasteiger partial charge on any atom is 0.323 e. The summed E-state index contributed by atoms with van der Waals surface area (Å²) in [4.78, 5) is 36.8. The maximum absolute atomic E-state index is 13.2. The number of hydrogen-bond acceptors (Lipinski definition) is 7. The largest absolute Gasteiger partial charge is 0.468 e. The van der Waals surface area contributed by atoms with E-state index in [0.29, 0.717) is 21.8 Å². The Morgan fingerprint density at radius 1 is 1.05 bits per heavy atom. The molecular weight excluding hydrogens is 505 g/mol. The van der Waals surface area contributed by atoms with Crippen molar-refractivity contribution < 1.29 is 18.7 Å². The summed E-state index contributed by atoms with van der Waals surface area (Å²) in [6.45, 7) is 4.35. The average molecular weight is 534 g/mol. The molecule has 10 heteroatoms. The van der Waals surface area contributed by atoms with E-state index in [2.05, 4.69) is 19.8 Å². The zero-order chi connectivity index (χ0) is 26.6. The molecule has 3 aromatic carbocycles. The molecule has 2 heterocycles. The number of primary amides is 1. The van der Waals surface area contributed by atoms with Gasteiger partial charge in [0.2, 0.25) is 0 Å². The number of thioether (sulfide) groups is 1. The van der Waals surface area contributed by atoms with Crippen LogP contribution in [0.25, 0.3) is 11.0 Å². The predicted molar refractivity (Wildman–Crippen MR) is 146 cm³/mol. The first-order valence-electron chi connectivity index (χ1n) is 12.3. The van der Waals surface area contributed by atoms with Gasteiger partial charge in [0.15, 0.2) is 5.16 Å². The van der Waals surface area contributed by atoms with E-state index in [9.17, 15) is 14.0 Å². The van der Waals surface area contributed by atoms with Gasteiger partial charge in [-0.25, -0.2) is 9.37 Å². The lowest BCUT2D eigenvalue weighted by Crippen LogP contribution is -2.45. The SMILES string of the molecule is COC(=O)C(Sc1nc2c(C(N)=O)cccc2[nH]1)c1ccc(CN2CCN(c3ccc(F)cc3)CC2)cc1. The van der Waals surface area contributed by atoms with Crippen molar-refractivity contribution in [3.63, 3.8) is 0 Å². The van der Waals surface area contributed by atoms with E-state index in [1.807, 2.05) is 36.4 Å². The Morgan fingerprint density at radius 2 is 1.76 bits per heavy atom. The number of anilines is 1. The fourth-order valence-corrected chi connectivity index (χ4v) is 5.63. The van der Waals surface area contributed by atoms with Gasteiger partial charge in [-0.05, 0) is 47.5 Å². The first-order valence-corrected chi connectivity index (χ1v) is 13.1. The molecule has 1 unspecified atom stereocenters. The number of nitrogens with one attached hydrogen (secondary N) is 1. The highest BCUT2D eigenvalue weighted by atomic mass is 32.2. The quantitative estimate of drug-likeness (QED) is 0.259. The smallest absolute Gasteiger partial charge is 0.323 e. The van der Waals surface area contributed by atoms with E-state index >= 15 is 0 Å². The summed E-state index contributed by atoms with van der Waals surface area (Å²) >= 11 is 1.23. The Kier molecular flexibility index (Phi) is 7.62. The lowest BCUT2D eigenvalue weighted by Gasteiger charge is -2.36. The number of methoxy groups -OCH3 is 1. The molecule has 1 amide bonds. The van der Waals surface area contributed by atoms with Crippen molar-refractivity contribution >= 4 is 40.4 Å². The highest BCUT2D eigenvalue weighted by Crippen LogP contribution is 2.36. The zero-order valence-electron chi connectivity index (χ0n) is 20.9. The second-order valence-electron chi connectivity index (χ2n) is 9.11. The van der Waals surface area contributed by atoms with Crippen LogP contribution < -0.4 is 10.6 Å². The molecule has 5 rings (SSSR count). The maximum atomic E-state index is 13.2. The molecule has 1 aromatic heterocycles. The van der Waals surface area contributed by atoms with Crippen LogP contribution in [-0.2, 0) is 16.1 Å². The lowest BCUT2D eigenvalue weighted by atomic mass is 10.1. The van der Waals surface area contributed by atoms with Crippen LogP contribution in [0.1, 0.15) is 26.7 Å². The number of aromatic nitrogens is 2. The molecule has 38 heavy (non-hydrogen) atoms. The van der Waals surface area contributed by atoms with Crippen LogP contribution in [0.5, 0.6) is 0 Å². The molecule has 0 bridgehead atoms. The van der Waals surface area contributed by atoms with Crippen LogP contribution in [0.4, 0.5) is 10.1 Å². The molecule has 0 saturated carbocycles. The molecule has 3 N–H and O–H groups in total. The number of amides is 1. The molecule has 0 spiro atoms. The highest BCUT2D eigenvalue weighted by Gasteiger charge is 2.25. The van der Waals surface area contributed by atoms with Crippen LogP contribution in [-0.4, -0.2) is 60.0 Å². The molecule has 8 nitrogen and oxygen atoms in total. The van der Waals surface area contributed by atoms with Gasteiger partial charge in [-0.1, -0.05) is 42.1 Å². The minimum Gasteiger partial charge on any atom is -0.468 e. The van der Waals surface area contributed by atoms with Crippen LogP contribution in [0, 0.1) is 5.82 Å². The molecule has 196 valence electrons. The van der Waals surface area contributed by atoms with Gasteiger partial charge < -0.3 is 20.4 Å². The number of rotatable bonds is 8. The van der Waals surface area contributed by atoms with Gasteiger partial charge in [-0.15, -0.1) is 0 Å². The lowest BCUT2D eigenvalue weighted by molar-refractivity contribution is -0.140. The first-order chi connectivity index (χ1) is 18.4. The fraction of sp³-hybridized carbons (Fsp3) is 0.250. The first kappa shape index (κ1) is 25.7. The third-order valence-corrected chi connectivity index (χ3v) is 7.77. The van der Waals surface area contributed by atoms with Crippen molar-refractivity contribution in [1.82, 2.24) is 14.9 Å². The second-order valence-corrected chi connectivity index (χ2v) is 10.2. The summed E-state index contributed by atoms with van der Waals surface area (Å²) < 4.78 is 18.3. The number of carbonyl (C=O) groups is 2. The van der Waals surface area contributed by atoms with Gasteiger partial charge in [-0.2, -0.15) is 0 Å². The second kappa shape index (κ2) is 11.2. The number of nitrogens with zero attached hydrogens (tertiary/aromatic N) is 3. The number of carbonyl (C=O) groups excluding carboxylic acids is 2. The van der Waals surface area contributed by atoms with Gasteiger partial charge in [-0.3, -0.25) is 14.5 Å². The minimum absolute atomic E-state index is 0.224. The number of halogens is 1. The van der Waals surface area contributed by atoms with Crippen LogP contribution in [0.15, 0.2) is 71.9 Å². The van der Waals surface area contributed by atoms with Crippen molar-refractivity contribution in [2.45, 2.75) is 17.0 Å². The van der Waals surface area contributed by atoms with Crippen LogP contribution in [0.2, 0.25) is 0 Å². The number of piperazine rings is 1. The topological polar surface area (TPSA) is 105 Å². The molecule has 1 saturated heterocycles. The van der Waals surface area contributed by atoms with Crippen molar-refractivity contribution in [2.24, 2.45) is 5.73 Å². The number of aromatic amines is 1. The van der Waals surface area contributed by atoms with Crippen molar-refractivity contribution in [1.29, 1.82) is 0 Å². The number of ether oxygens (including phenoxy) is 1.